The highest BCUT2D eigenvalue weighted by molar-refractivity contribution is 7.13. The van der Waals surface area contributed by atoms with Crippen LogP contribution in [0.4, 0.5) is 35.0 Å². The highest BCUT2D eigenvalue weighted by Gasteiger charge is 2.26. The van der Waals surface area contributed by atoms with E-state index in [2.05, 4.69) is 15.4 Å². The summed E-state index contributed by atoms with van der Waals surface area (Å²) in [4.78, 5) is 37.3. The highest BCUT2D eigenvalue weighted by Crippen LogP contribution is 2.36. The van der Waals surface area contributed by atoms with Crippen molar-refractivity contribution in [2.24, 2.45) is 0 Å². The maximum atomic E-state index is 14.8. The topological polar surface area (TPSA) is 126 Å². The Balaban J connectivity index is 1.90. The second-order valence-corrected chi connectivity index (χ2v) is 8.74. The number of carbonyl (C=O) groups excluding carboxylic acids is 2. The second-order valence-electron chi connectivity index (χ2n) is 7.86. The van der Waals surface area contributed by atoms with Crippen LogP contribution >= 0.6 is 11.3 Å². The number of methoxy groups -OCH3 is 2. The van der Waals surface area contributed by atoms with Gasteiger partial charge in [-0.25, -0.2) is 27.6 Å². The molecule has 3 rings (SSSR count). The molecule has 3 aromatic rings. The number of nitrogens with one attached hydrogen (secondary N) is 2. The van der Waals surface area contributed by atoms with Gasteiger partial charge in [0.2, 0.25) is 0 Å². The molecule has 14 heteroatoms. The number of esters is 1. The van der Waals surface area contributed by atoms with E-state index in [1.54, 1.807) is 6.92 Å². The largest absolute Gasteiger partial charge is 0.494 e. The number of carboxylic acids is 1. The molecule has 208 valence electrons. The molecule has 2 aromatic carbocycles. The van der Waals surface area contributed by atoms with E-state index in [-0.39, 0.29) is 52.2 Å². The Hall–Kier alpha value is -4.46. The van der Waals surface area contributed by atoms with Crippen molar-refractivity contribution in [3.05, 3.63) is 63.1 Å². The number of halogens is 3. The summed E-state index contributed by atoms with van der Waals surface area (Å²) in [7, 11) is 3.87. The van der Waals surface area contributed by atoms with Gasteiger partial charge in [-0.15, -0.1) is 11.3 Å². The first kappa shape index (κ1) is 29.1. The van der Waals surface area contributed by atoms with Gasteiger partial charge in [0.1, 0.15) is 21.9 Å². The minimum Gasteiger partial charge on any atom is -0.494 e. The molecule has 0 saturated heterocycles. The molecule has 0 radical (unpaired) electrons. The van der Waals surface area contributed by atoms with Gasteiger partial charge in [-0.05, 0) is 25.1 Å². The number of rotatable bonds is 10. The molecule has 0 bridgehead atoms. The van der Waals surface area contributed by atoms with Crippen molar-refractivity contribution >= 4 is 46.4 Å². The van der Waals surface area contributed by atoms with Crippen LogP contribution < -0.4 is 25.0 Å². The van der Waals surface area contributed by atoms with E-state index in [9.17, 15) is 32.7 Å². The first-order chi connectivity index (χ1) is 18.5. The number of anilines is 3. The highest BCUT2D eigenvalue weighted by atomic mass is 32.1. The SMILES string of the molecule is CCOc1ccc(F)c(F)c1CN(C)c1cc(NC(=O)Nc2csc(C(=O)OC)c2C(=O)O)c(F)cc1OC. The van der Waals surface area contributed by atoms with E-state index in [0.717, 1.165) is 30.6 Å². The van der Waals surface area contributed by atoms with Crippen molar-refractivity contribution < 1.29 is 46.9 Å². The summed E-state index contributed by atoms with van der Waals surface area (Å²) in [5.74, 6) is -5.31. The maximum Gasteiger partial charge on any atom is 0.349 e. The third kappa shape index (κ3) is 6.34. The smallest absolute Gasteiger partial charge is 0.349 e. The number of nitrogens with zero attached hydrogens (tertiary/aromatic N) is 1. The Bertz CT molecular complexity index is 1410. The van der Waals surface area contributed by atoms with Crippen LogP contribution in [0.5, 0.6) is 11.5 Å². The summed E-state index contributed by atoms with van der Waals surface area (Å²) in [6.45, 7) is 1.69. The molecule has 0 atom stereocenters. The molecule has 3 N–H and O–H groups in total. The zero-order valence-electron chi connectivity index (χ0n) is 21.2. The van der Waals surface area contributed by atoms with Gasteiger partial charge in [0, 0.05) is 25.0 Å². The maximum absolute atomic E-state index is 14.8. The Kier molecular flexibility index (Phi) is 9.24. The zero-order chi connectivity index (χ0) is 28.9. The van der Waals surface area contributed by atoms with E-state index in [4.69, 9.17) is 9.47 Å². The minimum absolute atomic E-state index is 0.0319. The third-order valence-corrected chi connectivity index (χ3v) is 6.36. The average Bonchev–Trinajstić information content (AvgIpc) is 3.32. The number of hydrogen-bond acceptors (Lipinski definition) is 8. The summed E-state index contributed by atoms with van der Waals surface area (Å²) in [6.07, 6.45) is 0. The van der Waals surface area contributed by atoms with Gasteiger partial charge in [-0.2, -0.15) is 0 Å². The fourth-order valence-corrected chi connectivity index (χ4v) is 4.52. The van der Waals surface area contributed by atoms with Gasteiger partial charge in [0.05, 0.1) is 43.5 Å². The molecule has 0 aliphatic carbocycles. The second kappa shape index (κ2) is 12.4. The first-order valence-corrected chi connectivity index (χ1v) is 12.1. The lowest BCUT2D eigenvalue weighted by atomic mass is 10.1. The molecule has 10 nitrogen and oxygen atoms in total. The lowest BCUT2D eigenvalue weighted by Crippen LogP contribution is -2.23. The third-order valence-electron chi connectivity index (χ3n) is 5.40. The van der Waals surface area contributed by atoms with Crippen LogP contribution in [0.1, 0.15) is 32.5 Å². The number of hydrogen-bond donors (Lipinski definition) is 3. The lowest BCUT2D eigenvalue weighted by Gasteiger charge is -2.24. The number of carbonyl (C=O) groups is 3. The summed E-state index contributed by atoms with van der Waals surface area (Å²) >= 11 is 0.745. The number of aromatic carboxylic acids is 1. The zero-order valence-corrected chi connectivity index (χ0v) is 22.0. The molecule has 1 aromatic heterocycles. The van der Waals surface area contributed by atoms with Crippen LogP contribution in [0.25, 0.3) is 0 Å². The Morgan fingerprint density at radius 3 is 2.33 bits per heavy atom. The fourth-order valence-electron chi connectivity index (χ4n) is 3.62. The molecule has 0 unspecified atom stereocenters. The summed E-state index contributed by atoms with van der Waals surface area (Å²) in [6, 6.07) is 3.41. The molecule has 0 fully saturated rings. The van der Waals surface area contributed by atoms with Crippen LogP contribution in [0.15, 0.2) is 29.6 Å². The number of ether oxygens (including phenoxy) is 3. The standard InChI is InChI=1S/C25H24F3N3O7S/c1-5-38-18-7-6-13(26)21(28)12(18)10-31(2)17-9-15(14(27)8-19(17)36-3)29-25(35)30-16-11-39-22(24(34)37-4)20(16)23(32)33/h6-9,11H,5,10H2,1-4H3,(H,32,33)(H2,29,30,35). The van der Waals surface area contributed by atoms with Crippen LogP contribution in [0.2, 0.25) is 0 Å². The number of amides is 2. The van der Waals surface area contributed by atoms with E-state index < -0.39 is 41.0 Å². The average molecular weight is 568 g/mol. The van der Waals surface area contributed by atoms with Crippen molar-refractivity contribution in [3.8, 4) is 11.5 Å². The summed E-state index contributed by atoms with van der Waals surface area (Å²) in [5, 5.41) is 15.2. The fraction of sp³-hybridized carbons (Fsp3) is 0.240. The van der Waals surface area contributed by atoms with Crippen LogP contribution in [-0.2, 0) is 11.3 Å². The Morgan fingerprint density at radius 2 is 1.72 bits per heavy atom. The predicted octanol–water partition coefficient (Wildman–Crippen LogP) is 5.34. The van der Waals surface area contributed by atoms with Gasteiger partial charge in [0.25, 0.3) is 0 Å². The molecule has 0 spiro atoms. The van der Waals surface area contributed by atoms with E-state index in [1.807, 2.05) is 0 Å². The first-order valence-electron chi connectivity index (χ1n) is 11.2. The molecule has 2 amide bonds. The molecule has 0 aliphatic rings. The van der Waals surface area contributed by atoms with E-state index in [0.29, 0.717) is 0 Å². The number of urea groups is 1. The van der Waals surface area contributed by atoms with Gasteiger partial charge >= 0.3 is 18.0 Å². The predicted molar refractivity (Wildman–Crippen MR) is 138 cm³/mol. The lowest BCUT2D eigenvalue weighted by molar-refractivity contribution is 0.0589. The van der Waals surface area contributed by atoms with Crippen molar-refractivity contribution in [1.82, 2.24) is 0 Å². The van der Waals surface area contributed by atoms with Crippen molar-refractivity contribution in [2.75, 3.05) is 43.4 Å². The van der Waals surface area contributed by atoms with Gasteiger partial charge < -0.3 is 34.9 Å². The molecular weight excluding hydrogens is 543 g/mol. The quantitative estimate of drug-likeness (QED) is 0.281. The van der Waals surface area contributed by atoms with Crippen LogP contribution in [0, 0.1) is 17.5 Å². The molecule has 0 saturated carbocycles. The number of thiophene rings is 1. The van der Waals surface area contributed by atoms with Gasteiger partial charge in [-0.1, -0.05) is 0 Å². The van der Waals surface area contributed by atoms with E-state index >= 15 is 0 Å². The normalized spacial score (nSPS) is 10.5. The monoisotopic (exact) mass is 567 g/mol. The molecule has 0 aliphatic heterocycles. The molecule has 39 heavy (non-hydrogen) atoms. The molecule has 1 heterocycles. The van der Waals surface area contributed by atoms with Gasteiger partial charge in [-0.3, -0.25) is 0 Å². The number of benzene rings is 2. The van der Waals surface area contributed by atoms with Crippen molar-refractivity contribution in [3.63, 3.8) is 0 Å². The Labute approximate surface area is 224 Å². The summed E-state index contributed by atoms with van der Waals surface area (Å²) < 4.78 is 58.6. The van der Waals surface area contributed by atoms with Crippen molar-refractivity contribution in [1.29, 1.82) is 0 Å². The van der Waals surface area contributed by atoms with Crippen LogP contribution in [-0.4, -0.2) is 51.0 Å². The van der Waals surface area contributed by atoms with Gasteiger partial charge in [0.15, 0.2) is 17.5 Å². The van der Waals surface area contributed by atoms with Crippen LogP contribution in [0.3, 0.4) is 0 Å². The van der Waals surface area contributed by atoms with E-state index in [1.165, 1.54) is 36.6 Å². The molecular formula is C25H24F3N3O7S. The van der Waals surface area contributed by atoms with Crippen molar-refractivity contribution in [2.45, 2.75) is 13.5 Å². The number of carboxylic acid groups (broad SMARTS) is 1. The Morgan fingerprint density at radius 1 is 1.03 bits per heavy atom. The summed E-state index contributed by atoms with van der Waals surface area (Å²) in [5.41, 5.74) is -0.908. The minimum atomic E-state index is -1.48.